The Hall–Kier alpha value is -2.17. The predicted molar refractivity (Wildman–Crippen MR) is 71.5 cm³/mol. The van der Waals surface area contributed by atoms with Crippen LogP contribution >= 0.6 is 0 Å². The minimum atomic E-state index is 0.932. The molecule has 5 nitrogen and oxygen atoms in total. The highest BCUT2D eigenvalue weighted by Crippen LogP contribution is 2.37. The largest absolute Gasteiger partial charge is 0.388 e. The molecule has 1 radical (unpaired) electrons. The molecule has 1 heterocycles. The van der Waals surface area contributed by atoms with Crippen molar-refractivity contribution in [2.75, 3.05) is 37.1 Å². The van der Waals surface area contributed by atoms with Gasteiger partial charge in [-0.1, -0.05) is 0 Å². The fourth-order valence-corrected chi connectivity index (χ4v) is 1.82. The molecule has 17 heavy (non-hydrogen) atoms. The van der Waals surface area contributed by atoms with Crippen LogP contribution in [0.3, 0.4) is 0 Å². The van der Waals surface area contributed by atoms with Crippen LogP contribution in [0.15, 0.2) is 18.3 Å². The van der Waals surface area contributed by atoms with Crippen LogP contribution in [0.25, 0.3) is 11.1 Å². The summed E-state index contributed by atoms with van der Waals surface area (Å²) in [5.74, 6) is 0. The first kappa shape index (κ1) is 11.3. The van der Waals surface area contributed by atoms with Gasteiger partial charge in [-0.3, -0.25) is 5.10 Å². The fourth-order valence-electron chi connectivity index (χ4n) is 1.82. The molecule has 0 saturated heterocycles. The zero-order valence-electron chi connectivity index (χ0n) is 10.2. The number of aromatic nitrogens is 2. The molecule has 0 aliphatic rings. The minimum Gasteiger partial charge on any atom is -0.388 e. The highest BCUT2D eigenvalue weighted by atomic mass is 15.1. The number of H-pyrrole nitrogens is 1. The molecule has 0 aliphatic heterocycles. The lowest BCUT2D eigenvalue weighted by atomic mass is 10.0. The topological polar surface area (TPSA) is 64.8 Å². The number of rotatable bonds is 4. The molecule has 0 bridgehead atoms. The molecule has 0 unspecified atom stereocenters. The summed E-state index contributed by atoms with van der Waals surface area (Å²) in [6.07, 6.45) is 4.76. The lowest BCUT2D eigenvalue weighted by molar-refractivity contribution is 1.08. The second-order valence-electron chi connectivity index (χ2n) is 3.61. The van der Waals surface area contributed by atoms with Gasteiger partial charge in [0.15, 0.2) is 0 Å². The average molecular weight is 230 g/mol. The van der Waals surface area contributed by atoms with E-state index in [4.69, 9.17) is 0 Å². The predicted octanol–water partition coefficient (Wildman–Crippen LogP) is 2.00. The van der Waals surface area contributed by atoms with Gasteiger partial charge in [0.1, 0.15) is 0 Å². The van der Waals surface area contributed by atoms with E-state index < -0.39 is 0 Å². The van der Waals surface area contributed by atoms with Crippen molar-refractivity contribution >= 4 is 17.1 Å². The lowest BCUT2D eigenvalue weighted by Gasteiger charge is -2.15. The van der Waals surface area contributed by atoms with E-state index in [1.165, 1.54) is 0 Å². The highest BCUT2D eigenvalue weighted by Gasteiger charge is 2.12. The van der Waals surface area contributed by atoms with Crippen molar-refractivity contribution in [2.24, 2.45) is 0 Å². The number of hydrogen-bond acceptors (Lipinski definition) is 4. The van der Waals surface area contributed by atoms with Crippen molar-refractivity contribution < 1.29 is 0 Å². The molecule has 89 valence electrons. The standard InChI is InChI=1S/C12H16N5/c1-13-9-4-10(14-2)12(11(5-9)15-3)8-6-16-17-7-8/h4-6,13-15H,1-3H3,(H,16,17). The second-order valence-corrected chi connectivity index (χ2v) is 3.61. The second kappa shape index (κ2) is 4.78. The van der Waals surface area contributed by atoms with Crippen LogP contribution in [-0.4, -0.2) is 31.3 Å². The first-order valence-corrected chi connectivity index (χ1v) is 5.43. The van der Waals surface area contributed by atoms with Crippen LogP contribution < -0.4 is 16.0 Å². The van der Waals surface area contributed by atoms with Crippen LogP contribution in [0.2, 0.25) is 0 Å². The highest BCUT2D eigenvalue weighted by molar-refractivity contribution is 5.90. The number of hydrogen-bond donors (Lipinski definition) is 4. The molecular weight excluding hydrogens is 214 g/mol. The molecular formula is C12H16N5. The van der Waals surface area contributed by atoms with Crippen molar-refractivity contribution in [3.63, 3.8) is 0 Å². The van der Waals surface area contributed by atoms with E-state index in [-0.39, 0.29) is 0 Å². The molecule has 5 heteroatoms. The first-order valence-electron chi connectivity index (χ1n) is 5.43. The van der Waals surface area contributed by atoms with Gasteiger partial charge in [-0.2, -0.15) is 5.10 Å². The zero-order valence-corrected chi connectivity index (χ0v) is 10.2. The summed E-state index contributed by atoms with van der Waals surface area (Å²) in [5, 5.41) is 16.2. The maximum Gasteiger partial charge on any atom is 0.0915 e. The zero-order chi connectivity index (χ0) is 12.3. The average Bonchev–Trinajstić information content (AvgIpc) is 2.90. The molecule has 1 aromatic heterocycles. The maximum absolute atomic E-state index is 3.94. The third-order valence-corrected chi connectivity index (χ3v) is 2.68. The molecule has 1 aromatic carbocycles. The number of nitrogens with one attached hydrogen (secondary N) is 4. The minimum absolute atomic E-state index is 0.932. The Bertz CT molecular complexity index is 465. The molecule has 0 saturated carbocycles. The molecule has 0 fully saturated rings. The monoisotopic (exact) mass is 230 g/mol. The van der Waals surface area contributed by atoms with Crippen LogP contribution in [0.4, 0.5) is 17.1 Å². The van der Waals surface area contributed by atoms with Crippen LogP contribution in [-0.2, 0) is 0 Å². The van der Waals surface area contributed by atoms with Crippen molar-refractivity contribution in [2.45, 2.75) is 0 Å². The molecule has 2 rings (SSSR count). The van der Waals surface area contributed by atoms with Gasteiger partial charge in [-0.05, 0) is 12.1 Å². The van der Waals surface area contributed by atoms with E-state index in [0.29, 0.717) is 0 Å². The van der Waals surface area contributed by atoms with Crippen molar-refractivity contribution in [1.29, 1.82) is 0 Å². The van der Waals surface area contributed by atoms with Crippen LogP contribution in [0, 0.1) is 6.20 Å². The SMILES string of the molecule is CNc1cc(NC)c(-c2[c][nH]nc2)c(NC)c1. The summed E-state index contributed by atoms with van der Waals surface area (Å²) in [6, 6.07) is 4.11. The third-order valence-electron chi connectivity index (χ3n) is 2.68. The van der Waals surface area contributed by atoms with Gasteiger partial charge in [0, 0.05) is 49.3 Å². The van der Waals surface area contributed by atoms with Gasteiger partial charge in [-0.25, -0.2) is 0 Å². The van der Waals surface area contributed by atoms with Gasteiger partial charge < -0.3 is 16.0 Å². The Labute approximate surface area is 101 Å². The molecule has 0 aliphatic carbocycles. The number of nitrogens with zero attached hydrogens (tertiary/aromatic N) is 1. The van der Waals surface area contributed by atoms with Gasteiger partial charge in [0.05, 0.1) is 12.4 Å². The van der Waals surface area contributed by atoms with E-state index in [9.17, 15) is 0 Å². The van der Waals surface area contributed by atoms with E-state index in [0.717, 1.165) is 28.2 Å². The summed E-state index contributed by atoms with van der Waals surface area (Å²) in [5.41, 5.74) is 5.09. The van der Waals surface area contributed by atoms with Gasteiger partial charge in [0.25, 0.3) is 0 Å². The molecule has 2 aromatic rings. The van der Waals surface area contributed by atoms with Gasteiger partial charge in [0.2, 0.25) is 0 Å². The first-order chi connectivity index (χ1) is 8.30. The number of aromatic amines is 1. The Morgan fingerprint density at radius 2 is 1.71 bits per heavy atom. The molecule has 0 spiro atoms. The van der Waals surface area contributed by atoms with Crippen molar-refractivity contribution in [3.8, 4) is 11.1 Å². The summed E-state index contributed by atoms with van der Waals surface area (Å²) >= 11 is 0. The number of anilines is 3. The van der Waals surface area contributed by atoms with Gasteiger partial charge >= 0.3 is 0 Å². The number of benzene rings is 1. The van der Waals surface area contributed by atoms with E-state index in [1.54, 1.807) is 6.20 Å². The van der Waals surface area contributed by atoms with Crippen molar-refractivity contribution in [3.05, 3.63) is 24.5 Å². The Balaban J connectivity index is 2.63. The maximum atomic E-state index is 3.94. The summed E-state index contributed by atoms with van der Waals surface area (Å²) in [4.78, 5) is 0. The summed E-state index contributed by atoms with van der Waals surface area (Å²) in [7, 11) is 5.70. The normalized spacial score (nSPS) is 10.1. The van der Waals surface area contributed by atoms with Crippen LogP contribution in [0.5, 0.6) is 0 Å². The fraction of sp³-hybridized carbons (Fsp3) is 0.250. The van der Waals surface area contributed by atoms with E-state index in [1.807, 2.05) is 21.1 Å². The summed E-state index contributed by atoms with van der Waals surface area (Å²) < 4.78 is 0. The quantitative estimate of drug-likeness (QED) is 0.648. The molecule has 0 amide bonds. The smallest absolute Gasteiger partial charge is 0.0915 e. The molecule has 0 atom stereocenters. The molecule has 4 N–H and O–H groups in total. The lowest BCUT2D eigenvalue weighted by Crippen LogP contribution is -2.00. The van der Waals surface area contributed by atoms with Gasteiger partial charge in [-0.15, -0.1) is 0 Å². The van der Waals surface area contributed by atoms with Crippen molar-refractivity contribution in [1.82, 2.24) is 10.2 Å². The summed E-state index contributed by atoms with van der Waals surface area (Å²) in [6.45, 7) is 0. The Morgan fingerprint density at radius 3 is 2.12 bits per heavy atom. The van der Waals surface area contributed by atoms with E-state index >= 15 is 0 Å². The Kier molecular flexibility index (Phi) is 3.18. The van der Waals surface area contributed by atoms with E-state index in [2.05, 4.69) is 44.5 Å². The van der Waals surface area contributed by atoms with Crippen LogP contribution in [0.1, 0.15) is 0 Å². The third kappa shape index (κ3) is 2.04. The Morgan fingerprint density at radius 1 is 1.06 bits per heavy atom.